The number of rotatable bonds is 6. The number of amides is 1. The zero-order chi connectivity index (χ0) is 15.5. The molecule has 0 bridgehead atoms. The number of nitrogens with zero attached hydrogens (tertiary/aromatic N) is 1. The summed E-state index contributed by atoms with van der Waals surface area (Å²) in [4.78, 5) is 13.7. The molecule has 3 N–H and O–H groups in total. The topological polar surface area (TPSA) is 58.4 Å². The Balaban J connectivity index is 2.06. The van der Waals surface area contributed by atoms with E-state index in [4.69, 9.17) is 17.3 Å². The molecule has 1 saturated heterocycles. The fraction of sp³-hybridized carbons (Fsp3) is 0.562. The third-order valence-electron chi connectivity index (χ3n) is 4.18. The highest BCUT2D eigenvalue weighted by Crippen LogP contribution is 2.36. The first-order valence-electron chi connectivity index (χ1n) is 7.50. The van der Waals surface area contributed by atoms with Gasteiger partial charge in [0.1, 0.15) is 0 Å². The van der Waals surface area contributed by atoms with Gasteiger partial charge in [-0.05, 0) is 44.0 Å². The van der Waals surface area contributed by atoms with Crippen molar-refractivity contribution in [3.63, 3.8) is 0 Å². The van der Waals surface area contributed by atoms with Crippen molar-refractivity contribution >= 4 is 23.2 Å². The molecule has 1 aliphatic rings. The molecular formula is C16H24ClN3O. The normalized spacial score (nSPS) is 21.8. The molecule has 0 spiro atoms. The third kappa shape index (κ3) is 3.69. The highest BCUT2D eigenvalue weighted by Gasteiger charge is 2.39. The van der Waals surface area contributed by atoms with E-state index >= 15 is 0 Å². The lowest BCUT2D eigenvalue weighted by Crippen LogP contribution is -2.37. The Labute approximate surface area is 131 Å². The Kier molecular flexibility index (Phi) is 5.12. The van der Waals surface area contributed by atoms with E-state index in [2.05, 4.69) is 23.2 Å². The van der Waals surface area contributed by atoms with Crippen molar-refractivity contribution in [3.05, 3.63) is 28.8 Å². The first kappa shape index (κ1) is 16.1. The Morgan fingerprint density at radius 3 is 2.86 bits per heavy atom. The van der Waals surface area contributed by atoms with Crippen LogP contribution in [0.2, 0.25) is 5.02 Å². The number of nitrogens with two attached hydrogens (primary N) is 1. The summed E-state index contributed by atoms with van der Waals surface area (Å²) in [5, 5.41) is 4.10. The molecule has 1 amide bonds. The molecule has 1 heterocycles. The number of hydrogen-bond acceptors (Lipinski definition) is 3. The van der Waals surface area contributed by atoms with E-state index in [9.17, 15) is 4.79 Å². The Morgan fingerprint density at radius 1 is 1.52 bits per heavy atom. The lowest BCUT2D eigenvalue weighted by Gasteiger charge is -2.23. The quantitative estimate of drug-likeness (QED) is 0.794. The second-order valence-electron chi connectivity index (χ2n) is 6.06. The van der Waals surface area contributed by atoms with Crippen LogP contribution in [0.4, 0.5) is 5.69 Å². The van der Waals surface area contributed by atoms with Crippen LogP contribution in [0.15, 0.2) is 18.2 Å². The fourth-order valence-corrected chi connectivity index (χ4v) is 3.02. The van der Waals surface area contributed by atoms with Crippen molar-refractivity contribution in [2.24, 2.45) is 11.1 Å². The number of halogens is 1. The van der Waals surface area contributed by atoms with Gasteiger partial charge in [-0.1, -0.05) is 24.6 Å². The summed E-state index contributed by atoms with van der Waals surface area (Å²) in [5.74, 6) is -0.235. The zero-order valence-electron chi connectivity index (χ0n) is 12.8. The molecule has 0 aliphatic carbocycles. The summed E-state index contributed by atoms with van der Waals surface area (Å²) in [6, 6.07) is 6.13. The highest BCUT2D eigenvalue weighted by molar-refractivity contribution is 6.33. The van der Waals surface area contributed by atoms with Crippen LogP contribution >= 0.6 is 11.6 Å². The average molecular weight is 310 g/mol. The largest absolute Gasteiger partial charge is 0.369 e. The number of hydrogen-bond donors (Lipinski definition) is 2. The van der Waals surface area contributed by atoms with E-state index < -0.39 is 5.41 Å². The zero-order valence-corrected chi connectivity index (χ0v) is 13.5. The summed E-state index contributed by atoms with van der Waals surface area (Å²) in [6.07, 6.45) is 1.89. The second kappa shape index (κ2) is 6.67. The van der Waals surface area contributed by atoms with Crippen molar-refractivity contribution in [3.8, 4) is 0 Å². The van der Waals surface area contributed by atoms with Gasteiger partial charge in [0.2, 0.25) is 5.91 Å². The maximum absolute atomic E-state index is 11.5. The molecule has 1 aromatic rings. The van der Waals surface area contributed by atoms with Gasteiger partial charge < -0.3 is 16.0 Å². The van der Waals surface area contributed by atoms with Crippen molar-refractivity contribution < 1.29 is 4.79 Å². The predicted molar refractivity (Wildman–Crippen MR) is 87.6 cm³/mol. The minimum absolute atomic E-state index is 0.235. The van der Waals surface area contributed by atoms with E-state index in [1.165, 1.54) is 5.56 Å². The van der Waals surface area contributed by atoms with Gasteiger partial charge in [0.15, 0.2) is 0 Å². The molecule has 0 radical (unpaired) electrons. The molecule has 2 rings (SSSR count). The van der Waals surface area contributed by atoms with E-state index in [-0.39, 0.29) is 5.91 Å². The molecule has 0 saturated carbocycles. The van der Waals surface area contributed by atoms with Crippen LogP contribution in [0.1, 0.15) is 32.3 Å². The Morgan fingerprint density at radius 2 is 2.29 bits per heavy atom. The van der Waals surface area contributed by atoms with Crippen LogP contribution in [0.5, 0.6) is 0 Å². The van der Waals surface area contributed by atoms with Crippen LogP contribution in [0.3, 0.4) is 0 Å². The maximum atomic E-state index is 11.5. The number of carbonyl (C=O) groups is 1. The molecule has 1 unspecified atom stereocenters. The van der Waals surface area contributed by atoms with Crippen molar-refractivity contribution in [1.29, 1.82) is 0 Å². The van der Waals surface area contributed by atoms with Gasteiger partial charge in [0.05, 0.1) is 16.1 Å². The van der Waals surface area contributed by atoms with Crippen LogP contribution in [0.25, 0.3) is 0 Å². The predicted octanol–water partition coefficient (Wildman–Crippen LogP) is 2.54. The molecule has 1 aliphatic heterocycles. The van der Waals surface area contributed by atoms with Crippen LogP contribution < -0.4 is 16.0 Å². The monoisotopic (exact) mass is 309 g/mol. The van der Waals surface area contributed by atoms with Crippen LogP contribution in [-0.4, -0.2) is 25.5 Å². The second-order valence-corrected chi connectivity index (χ2v) is 6.47. The minimum Gasteiger partial charge on any atom is -0.369 e. The molecule has 4 nitrogen and oxygen atoms in total. The number of primary amides is 1. The maximum Gasteiger partial charge on any atom is 0.225 e. The first-order valence-corrected chi connectivity index (χ1v) is 7.88. The lowest BCUT2D eigenvalue weighted by atomic mass is 9.89. The fourth-order valence-electron chi connectivity index (χ4n) is 2.69. The molecule has 1 atom stereocenters. The third-order valence-corrected chi connectivity index (χ3v) is 4.48. The summed E-state index contributed by atoms with van der Waals surface area (Å²) >= 11 is 6.41. The van der Waals surface area contributed by atoms with Crippen LogP contribution in [-0.2, 0) is 11.3 Å². The van der Waals surface area contributed by atoms with Crippen molar-refractivity contribution in [2.75, 3.05) is 24.5 Å². The van der Waals surface area contributed by atoms with Gasteiger partial charge in [0.25, 0.3) is 0 Å². The Hall–Kier alpha value is -1.26. The smallest absolute Gasteiger partial charge is 0.225 e. The van der Waals surface area contributed by atoms with E-state index in [0.29, 0.717) is 6.54 Å². The summed E-state index contributed by atoms with van der Waals surface area (Å²) in [5.41, 5.74) is 7.20. The standard InChI is InChI=1S/C16H24ClN3O/c1-3-7-19-10-12-4-5-14(13(17)9-12)20-8-6-16(2,11-20)15(18)21/h4-5,9,19H,3,6-8,10-11H2,1-2H3,(H2,18,21). The van der Waals surface area contributed by atoms with Gasteiger partial charge in [-0.3, -0.25) is 4.79 Å². The summed E-state index contributed by atoms with van der Waals surface area (Å²) < 4.78 is 0. The highest BCUT2D eigenvalue weighted by atomic mass is 35.5. The van der Waals surface area contributed by atoms with E-state index in [1.54, 1.807) is 0 Å². The summed E-state index contributed by atoms with van der Waals surface area (Å²) in [6.45, 7) is 7.34. The van der Waals surface area contributed by atoms with Crippen molar-refractivity contribution in [2.45, 2.75) is 33.2 Å². The minimum atomic E-state index is -0.454. The molecular weight excluding hydrogens is 286 g/mol. The molecule has 21 heavy (non-hydrogen) atoms. The average Bonchev–Trinajstić information content (AvgIpc) is 2.83. The van der Waals surface area contributed by atoms with E-state index in [1.807, 2.05) is 19.1 Å². The molecule has 1 aromatic carbocycles. The number of benzene rings is 1. The number of nitrogens with one attached hydrogen (secondary N) is 1. The molecule has 116 valence electrons. The molecule has 5 heteroatoms. The molecule has 1 fully saturated rings. The number of anilines is 1. The van der Waals surface area contributed by atoms with Crippen LogP contribution in [0, 0.1) is 5.41 Å². The van der Waals surface area contributed by atoms with Gasteiger partial charge in [-0.15, -0.1) is 0 Å². The van der Waals surface area contributed by atoms with Crippen molar-refractivity contribution in [1.82, 2.24) is 5.32 Å². The van der Waals surface area contributed by atoms with Gasteiger partial charge in [0, 0.05) is 19.6 Å². The molecule has 0 aromatic heterocycles. The Bertz CT molecular complexity index is 520. The number of carbonyl (C=O) groups excluding carboxylic acids is 1. The van der Waals surface area contributed by atoms with Gasteiger partial charge in [-0.2, -0.15) is 0 Å². The summed E-state index contributed by atoms with van der Waals surface area (Å²) in [7, 11) is 0. The van der Waals surface area contributed by atoms with Gasteiger partial charge >= 0.3 is 0 Å². The lowest BCUT2D eigenvalue weighted by molar-refractivity contribution is -0.125. The first-order chi connectivity index (χ1) is 9.96. The SMILES string of the molecule is CCCNCc1ccc(N2CCC(C)(C(N)=O)C2)c(Cl)c1. The van der Waals surface area contributed by atoms with E-state index in [0.717, 1.165) is 43.2 Å². The van der Waals surface area contributed by atoms with Gasteiger partial charge in [-0.25, -0.2) is 0 Å².